The molecule has 1 aliphatic heterocycles. The summed E-state index contributed by atoms with van der Waals surface area (Å²) in [6.45, 7) is 3.20. The van der Waals surface area contributed by atoms with Gasteiger partial charge in [-0.25, -0.2) is 13.2 Å². The minimum atomic E-state index is -3.70. The number of aromatic nitrogens is 1. The molecular formula is C19H23N3O6S. The lowest BCUT2D eigenvalue weighted by atomic mass is 10.2. The molecule has 0 saturated carbocycles. The molecule has 0 radical (unpaired) electrons. The molecule has 9 nitrogen and oxygen atoms in total. The second-order valence-electron chi connectivity index (χ2n) is 6.44. The fourth-order valence-corrected chi connectivity index (χ4v) is 4.45. The Kier molecular flexibility index (Phi) is 6.36. The van der Waals surface area contributed by atoms with Crippen LogP contribution in [0.15, 0.2) is 41.4 Å². The van der Waals surface area contributed by atoms with Crippen LogP contribution in [0.4, 0.5) is 5.69 Å². The number of sulfonamides is 1. The van der Waals surface area contributed by atoms with Crippen molar-refractivity contribution in [2.75, 3.05) is 38.2 Å². The van der Waals surface area contributed by atoms with Crippen molar-refractivity contribution in [2.24, 2.45) is 7.05 Å². The maximum atomic E-state index is 12.8. The van der Waals surface area contributed by atoms with E-state index < -0.39 is 21.9 Å². The predicted molar refractivity (Wildman–Crippen MR) is 105 cm³/mol. The third-order valence-corrected chi connectivity index (χ3v) is 6.32. The fourth-order valence-electron chi connectivity index (χ4n) is 2.97. The first-order valence-corrected chi connectivity index (χ1v) is 10.6. The summed E-state index contributed by atoms with van der Waals surface area (Å²) < 4.78 is 38.5. The van der Waals surface area contributed by atoms with Crippen LogP contribution < -0.4 is 5.32 Å². The summed E-state index contributed by atoms with van der Waals surface area (Å²) in [4.78, 5) is 24.6. The fraction of sp³-hybridized carbons (Fsp3) is 0.368. The summed E-state index contributed by atoms with van der Waals surface area (Å²) in [7, 11) is -2.10. The molecule has 1 N–H and O–H groups in total. The molecule has 1 aliphatic rings. The quantitative estimate of drug-likeness (QED) is 0.708. The first kappa shape index (κ1) is 21.0. The molecule has 156 valence electrons. The van der Waals surface area contributed by atoms with E-state index in [2.05, 4.69) is 5.32 Å². The molecule has 0 atom stereocenters. The number of carbonyl (C=O) groups is 2. The molecule has 1 fully saturated rings. The van der Waals surface area contributed by atoms with Crippen molar-refractivity contribution in [3.05, 3.63) is 47.8 Å². The van der Waals surface area contributed by atoms with E-state index in [1.54, 1.807) is 32.2 Å². The monoisotopic (exact) mass is 421 g/mol. The Morgan fingerprint density at radius 3 is 2.62 bits per heavy atom. The van der Waals surface area contributed by atoms with Crippen molar-refractivity contribution < 1.29 is 27.5 Å². The number of aryl methyl sites for hydroxylation is 1. The Labute approximate surface area is 169 Å². The van der Waals surface area contributed by atoms with E-state index >= 15 is 0 Å². The lowest BCUT2D eigenvalue weighted by Gasteiger charge is -2.25. The van der Waals surface area contributed by atoms with Crippen LogP contribution in [0.2, 0.25) is 0 Å². The van der Waals surface area contributed by atoms with Gasteiger partial charge in [-0.15, -0.1) is 0 Å². The molecule has 2 aromatic rings. The van der Waals surface area contributed by atoms with Gasteiger partial charge in [0.05, 0.1) is 25.4 Å². The number of anilines is 1. The third kappa shape index (κ3) is 4.66. The number of hydrogen-bond acceptors (Lipinski definition) is 6. The highest BCUT2D eigenvalue weighted by Crippen LogP contribution is 2.21. The average Bonchev–Trinajstić information content (AvgIpc) is 3.12. The van der Waals surface area contributed by atoms with Gasteiger partial charge in [-0.3, -0.25) is 4.79 Å². The molecule has 1 amide bonds. The first-order valence-electron chi connectivity index (χ1n) is 9.15. The SMILES string of the molecule is CCOC(=O)c1cccc(NC(=O)c2cc(S(=O)(=O)N3CCOCC3)cn2C)c1. The van der Waals surface area contributed by atoms with E-state index in [0.717, 1.165) is 0 Å². The Bertz CT molecular complexity index is 1010. The van der Waals surface area contributed by atoms with E-state index in [4.69, 9.17) is 9.47 Å². The maximum absolute atomic E-state index is 12.8. The van der Waals surface area contributed by atoms with Crippen molar-refractivity contribution in [1.29, 1.82) is 0 Å². The highest BCUT2D eigenvalue weighted by Gasteiger charge is 2.28. The Balaban J connectivity index is 1.79. The number of amides is 1. The van der Waals surface area contributed by atoms with E-state index in [0.29, 0.717) is 24.5 Å². The summed E-state index contributed by atoms with van der Waals surface area (Å²) in [5.41, 5.74) is 0.893. The van der Waals surface area contributed by atoms with Crippen LogP contribution >= 0.6 is 0 Å². The number of nitrogens with zero attached hydrogens (tertiary/aromatic N) is 2. The van der Waals surface area contributed by atoms with Crippen LogP contribution in [0.5, 0.6) is 0 Å². The van der Waals surface area contributed by atoms with Gasteiger partial charge in [-0.2, -0.15) is 4.31 Å². The van der Waals surface area contributed by atoms with Crippen LogP contribution in [0.25, 0.3) is 0 Å². The molecule has 2 heterocycles. The largest absolute Gasteiger partial charge is 0.462 e. The number of hydrogen-bond donors (Lipinski definition) is 1. The highest BCUT2D eigenvalue weighted by molar-refractivity contribution is 7.89. The van der Waals surface area contributed by atoms with Crippen molar-refractivity contribution >= 4 is 27.6 Å². The molecule has 0 spiro atoms. The summed E-state index contributed by atoms with van der Waals surface area (Å²) in [6.07, 6.45) is 1.41. The van der Waals surface area contributed by atoms with Crippen LogP contribution in [0.1, 0.15) is 27.8 Å². The van der Waals surface area contributed by atoms with Crippen LogP contribution in [0.3, 0.4) is 0 Å². The van der Waals surface area contributed by atoms with Gasteiger partial charge in [0.2, 0.25) is 10.0 Å². The van der Waals surface area contributed by atoms with E-state index in [9.17, 15) is 18.0 Å². The molecule has 1 saturated heterocycles. The summed E-state index contributed by atoms with van der Waals surface area (Å²) in [5, 5.41) is 2.68. The van der Waals surface area contributed by atoms with Crippen molar-refractivity contribution in [3.63, 3.8) is 0 Å². The second kappa shape index (κ2) is 8.76. The Hall–Kier alpha value is -2.69. The second-order valence-corrected chi connectivity index (χ2v) is 8.38. The third-order valence-electron chi connectivity index (χ3n) is 4.45. The molecule has 1 aromatic carbocycles. The topological polar surface area (TPSA) is 107 Å². The number of esters is 1. The Morgan fingerprint density at radius 1 is 1.21 bits per heavy atom. The first-order chi connectivity index (χ1) is 13.8. The molecule has 0 unspecified atom stereocenters. The molecule has 1 aromatic heterocycles. The number of rotatable bonds is 6. The molecular weight excluding hydrogens is 398 g/mol. The number of morpholine rings is 1. The minimum Gasteiger partial charge on any atom is -0.462 e. The van der Waals surface area contributed by atoms with Gasteiger partial charge >= 0.3 is 5.97 Å². The average molecular weight is 421 g/mol. The van der Waals surface area contributed by atoms with Gasteiger partial charge in [0.15, 0.2) is 0 Å². The van der Waals surface area contributed by atoms with Crippen LogP contribution in [-0.2, 0) is 26.5 Å². The van der Waals surface area contributed by atoms with Crippen LogP contribution in [0, 0.1) is 0 Å². The molecule has 0 bridgehead atoms. The lowest BCUT2D eigenvalue weighted by molar-refractivity contribution is 0.0526. The summed E-state index contributed by atoms with van der Waals surface area (Å²) in [5.74, 6) is -0.974. The van der Waals surface area contributed by atoms with Crippen molar-refractivity contribution in [3.8, 4) is 0 Å². The van der Waals surface area contributed by atoms with Crippen molar-refractivity contribution in [2.45, 2.75) is 11.8 Å². The number of ether oxygens (including phenoxy) is 2. The van der Waals surface area contributed by atoms with Gasteiger partial charge in [0.25, 0.3) is 5.91 Å². The summed E-state index contributed by atoms with van der Waals surface area (Å²) >= 11 is 0. The van der Waals surface area contributed by atoms with Crippen LogP contribution in [-0.4, -0.2) is 62.1 Å². The van der Waals surface area contributed by atoms with Gasteiger partial charge in [-0.05, 0) is 31.2 Å². The zero-order chi connectivity index (χ0) is 21.0. The van der Waals surface area contributed by atoms with E-state index in [-0.39, 0.29) is 30.3 Å². The molecule has 3 rings (SSSR count). The van der Waals surface area contributed by atoms with Crippen molar-refractivity contribution in [1.82, 2.24) is 8.87 Å². The lowest BCUT2D eigenvalue weighted by Crippen LogP contribution is -2.40. The number of benzene rings is 1. The normalized spacial score (nSPS) is 15.1. The maximum Gasteiger partial charge on any atom is 0.338 e. The van der Waals surface area contributed by atoms with E-state index in [1.165, 1.54) is 27.2 Å². The molecule has 10 heteroatoms. The highest BCUT2D eigenvalue weighted by atomic mass is 32.2. The van der Waals surface area contributed by atoms with Gasteiger partial charge in [0.1, 0.15) is 10.6 Å². The van der Waals surface area contributed by atoms with Gasteiger partial charge < -0.3 is 19.4 Å². The zero-order valence-electron chi connectivity index (χ0n) is 16.3. The predicted octanol–water partition coefficient (Wildman–Crippen LogP) is 1.47. The molecule has 0 aliphatic carbocycles. The minimum absolute atomic E-state index is 0.0484. The van der Waals surface area contributed by atoms with Gasteiger partial charge in [0, 0.05) is 32.0 Å². The van der Waals surface area contributed by atoms with E-state index in [1.807, 2.05) is 0 Å². The Morgan fingerprint density at radius 2 is 1.93 bits per heavy atom. The molecule has 29 heavy (non-hydrogen) atoms. The zero-order valence-corrected chi connectivity index (χ0v) is 17.1. The standard InChI is InChI=1S/C19H23N3O6S/c1-3-28-19(24)14-5-4-6-15(11-14)20-18(23)17-12-16(13-21(17)2)29(25,26)22-7-9-27-10-8-22/h4-6,11-13H,3,7-10H2,1-2H3,(H,20,23). The smallest absolute Gasteiger partial charge is 0.338 e. The number of nitrogens with one attached hydrogen (secondary N) is 1. The summed E-state index contributed by atoms with van der Waals surface area (Å²) in [6, 6.07) is 7.69. The van der Waals surface area contributed by atoms with Gasteiger partial charge in [-0.1, -0.05) is 6.07 Å². The number of carbonyl (C=O) groups excluding carboxylic acids is 2.